The van der Waals surface area contributed by atoms with Gasteiger partial charge in [0.2, 0.25) is 10.0 Å². The minimum absolute atomic E-state index is 0.311. The van der Waals surface area contributed by atoms with Gasteiger partial charge in [0.15, 0.2) is 0 Å². The molecule has 3 N–H and O–H groups in total. The van der Waals surface area contributed by atoms with E-state index < -0.39 is 10.0 Å². The molecule has 0 amide bonds. The Morgan fingerprint density at radius 3 is 2.75 bits per heavy atom. The second-order valence-electron chi connectivity index (χ2n) is 4.52. The van der Waals surface area contributed by atoms with Gasteiger partial charge in [-0.1, -0.05) is 12.1 Å². The van der Waals surface area contributed by atoms with Crippen molar-refractivity contribution in [2.24, 2.45) is 5.73 Å². The summed E-state index contributed by atoms with van der Waals surface area (Å²) in [6.07, 6.45) is 0.693. The van der Waals surface area contributed by atoms with Crippen molar-refractivity contribution in [3.63, 3.8) is 0 Å². The molecule has 1 aromatic heterocycles. The van der Waals surface area contributed by atoms with Crippen molar-refractivity contribution >= 4 is 21.4 Å². The summed E-state index contributed by atoms with van der Waals surface area (Å²) in [5, 5.41) is 4.01. The Kier molecular flexibility index (Phi) is 4.93. The van der Waals surface area contributed by atoms with Crippen LogP contribution in [0.2, 0.25) is 0 Å². The molecular formula is C14H18N2O2S2. The number of hydrogen-bond donors (Lipinski definition) is 2. The first-order valence-corrected chi connectivity index (χ1v) is 8.76. The Morgan fingerprint density at radius 1 is 1.30 bits per heavy atom. The van der Waals surface area contributed by atoms with Gasteiger partial charge in [-0.2, -0.15) is 11.3 Å². The highest BCUT2D eigenvalue weighted by molar-refractivity contribution is 7.89. The molecule has 0 saturated heterocycles. The van der Waals surface area contributed by atoms with Crippen LogP contribution in [0.1, 0.15) is 16.7 Å². The number of benzene rings is 1. The van der Waals surface area contributed by atoms with Gasteiger partial charge in [0, 0.05) is 13.1 Å². The van der Waals surface area contributed by atoms with Gasteiger partial charge in [-0.25, -0.2) is 13.1 Å². The van der Waals surface area contributed by atoms with Gasteiger partial charge < -0.3 is 5.73 Å². The minimum atomic E-state index is -3.48. The topological polar surface area (TPSA) is 72.2 Å². The molecule has 0 aliphatic rings. The third-order valence-electron chi connectivity index (χ3n) is 3.19. The lowest BCUT2D eigenvalue weighted by atomic mass is 10.1. The fourth-order valence-electron chi connectivity index (χ4n) is 2.01. The van der Waals surface area contributed by atoms with Gasteiger partial charge in [0.1, 0.15) is 0 Å². The van der Waals surface area contributed by atoms with Crippen molar-refractivity contribution in [3.05, 3.63) is 51.7 Å². The van der Waals surface area contributed by atoms with Crippen molar-refractivity contribution in [1.82, 2.24) is 4.72 Å². The lowest BCUT2D eigenvalue weighted by molar-refractivity contribution is 0.581. The predicted molar refractivity (Wildman–Crippen MR) is 82.3 cm³/mol. The van der Waals surface area contributed by atoms with Crippen molar-refractivity contribution in [2.45, 2.75) is 24.8 Å². The van der Waals surface area contributed by atoms with E-state index in [0.717, 1.165) is 16.7 Å². The van der Waals surface area contributed by atoms with Gasteiger partial charge in [-0.3, -0.25) is 0 Å². The average Bonchev–Trinajstić information content (AvgIpc) is 2.91. The number of sulfonamides is 1. The number of rotatable bonds is 6. The number of thiophene rings is 1. The lowest BCUT2D eigenvalue weighted by Gasteiger charge is -2.11. The summed E-state index contributed by atoms with van der Waals surface area (Å²) in [6.45, 7) is 2.52. The summed E-state index contributed by atoms with van der Waals surface area (Å²) in [6, 6.07) is 7.18. The first-order valence-electron chi connectivity index (χ1n) is 6.34. The first-order chi connectivity index (χ1) is 9.54. The van der Waals surface area contributed by atoms with E-state index in [0.29, 0.717) is 24.4 Å². The number of nitrogens with two attached hydrogens (primary N) is 1. The van der Waals surface area contributed by atoms with Gasteiger partial charge in [0.25, 0.3) is 0 Å². The summed E-state index contributed by atoms with van der Waals surface area (Å²) in [4.78, 5) is 0.311. The smallest absolute Gasteiger partial charge is 0.240 e. The maximum absolute atomic E-state index is 12.3. The molecule has 0 radical (unpaired) electrons. The van der Waals surface area contributed by atoms with Crippen LogP contribution in [0, 0.1) is 6.92 Å². The Labute approximate surface area is 123 Å². The van der Waals surface area contributed by atoms with Crippen LogP contribution in [-0.2, 0) is 23.0 Å². The summed E-state index contributed by atoms with van der Waals surface area (Å²) in [5.41, 5.74) is 8.33. The van der Waals surface area contributed by atoms with E-state index in [2.05, 4.69) is 4.72 Å². The number of hydrogen-bond acceptors (Lipinski definition) is 4. The monoisotopic (exact) mass is 310 g/mol. The van der Waals surface area contributed by atoms with Crippen LogP contribution in [0.15, 0.2) is 39.9 Å². The second kappa shape index (κ2) is 6.49. The summed E-state index contributed by atoms with van der Waals surface area (Å²) in [7, 11) is -3.48. The van der Waals surface area contributed by atoms with Crippen LogP contribution in [0.25, 0.3) is 0 Å². The fraction of sp³-hybridized carbons (Fsp3) is 0.286. The summed E-state index contributed by atoms with van der Waals surface area (Å²) >= 11 is 1.61. The van der Waals surface area contributed by atoms with Crippen LogP contribution >= 0.6 is 11.3 Å². The van der Waals surface area contributed by atoms with Gasteiger partial charge in [-0.05, 0) is 52.9 Å². The highest BCUT2D eigenvalue weighted by Crippen LogP contribution is 2.18. The quantitative estimate of drug-likeness (QED) is 0.857. The van der Waals surface area contributed by atoms with Gasteiger partial charge in [0.05, 0.1) is 4.90 Å². The summed E-state index contributed by atoms with van der Waals surface area (Å²) in [5.74, 6) is 0. The third kappa shape index (κ3) is 3.46. The SMILES string of the molecule is Cc1c(CN)cccc1S(=O)(=O)NCCc1ccsc1. The fourth-order valence-corrected chi connectivity index (χ4v) is 4.04. The molecule has 0 saturated carbocycles. The van der Waals surface area contributed by atoms with E-state index in [9.17, 15) is 8.42 Å². The highest BCUT2D eigenvalue weighted by atomic mass is 32.2. The van der Waals surface area contributed by atoms with E-state index in [-0.39, 0.29) is 0 Å². The largest absolute Gasteiger partial charge is 0.326 e. The lowest BCUT2D eigenvalue weighted by Crippen LogP contribution is -2.27. The van der Waals surface area contributed by atoms with Crippen LogP contribution in [-0.4, -0.2) is 15.0 Å². The Balaban J connectivity index is 2.10. The molecule has 108 valence electrons. The molecule has 0 fully saturated rings. The molecule has 0 aliphatic carbocycles. The Hall–Kier alpha value is -1.21. The zero-order valence-electron chi connectivity index (χ0n) is 11.3. The molecular weight excluding hydrogens is 292 g/mol. The van der Waals surface area contributed by atoms with E-state index in [1.54, 1.807) is 30.4 Å². The van der Waals surface area contributed by atoms with Crippen LogP contribution < -0.4 is 10.5 Å². The highest BCUT2D eigenvalue weighted by Gasteiger charge is 2.17. The second-order valence-corrected chi connectivity index (χ2v) is 7.04. The normalized spacial score (nSPS) is 11.7. The molecule has 6 heteroatoms. The average molecular weight is 310 g/mol. The van der Waals surface area contributed by atoms with Crippen LogP contribution in [0.4, 0.5) is 0 Å². The molecule has 0 bridgehead atoms. The third-order valence-corrected chi connectivity index (χ3v) is 5.53. The van der Waals surface area contributed by atoms with Gasteiger partial charge >= 0.3 is 0 Å². The van der Waals surface area contributed by atoms with E-state index in [4.69, 9.17) is 5.73 Å². The van der Waals surface area contributed by atoms with E-state index >= 15 is 0 Å². The molecule has 0 spiro atoms. The summed E-state index contributed by atoms with van der Waals surface area (Å²) < 4.78 is 27.2. The van der Waals surface area contributed by atoms with Crippen molar-refractivity contribution < 1.29 is 8.42 Å². The molecule has 1 aromatic carbocycles. The van der Waals surface area contributed by atoms with Crippen molar-refractivity contribution in [1.29, 1.82) is 0 Å². The van der Waals surface area contributed by atoms with Gasteiger partial charge in [-0.15, -0.1) is 0 Å². The maximum Gasteiger partial charge on any atom is 0.240 e. The number of nitrogens with one attached hydrogen (secondary N) is 1. The molecule has 20 heavy (non-hydrogen) atoms. The van der Waals surface area contributed by atoms with Crippen LogP contribution in [0.5, 0.6) is 0 Å². The standard InChI is InChI=1S/C14H18N2O2S2/c1-11-13(9-15)3-2-4-14(11)20(17,18)16-7-5-12-6-8-19-10-12/h2-4,6,8,10,16H,5,7,9,15H2,1H3. The maximum atomic E-state index is 12.3. The van der Waals surface area contributed by atoms with E-state index in [1.165, 1.54) is 0 Å². The minimum Gasteiger partial charge on any atom is -0.326 e. The Morgan fingerprint density at radius 2 is 2.10 bits per heavy atom. The molecule has 0 unspecified atom stereocenters. The molecule has 1 heterocycles. The van der Waals surface area contributed by atoms with E-state index in [1.807, 2.05) is 22.9 Å². The first kappa shape index (κ1) is 15.2. The van der Waals surface area contributed by atoms with Crippen LogP contribution in [0.3, 0.4) is 0 Å². The van der Waals surface area contributed by atoms with Crippen molar-refractivity contribution in [3.8, 4) is 0 Å². The molecule has 0 aliphatic heterocycles. The molecule has 2 aromatic rings. The predicted octanol–water partition coefficient (Wildman–Crippen LogP) is 2.04. The Bertz CT molecular complexity index is 664. The zero-order valence-corrected chi connectivity index (χ0v) is 12.9. The molecule has 0 atom stereocenters. The molecule has 2 rings (SSSR count). The zero-order chi connectivity index (χ0) is 14.6. The molecule has 4 nitrogen and oxygen atoms in total. The van der Waals surface area contributed by atoms with Crippen molar-refractivity contribution in [2.75, 3.05) is 6.54 Å².